The SMILES string of the molecule is Cc1ccc(-c2ccc3n2CCCC3C(=O)O)cc1. The summed E-state index contributed by atoms with van der Waals surface area (Å²) in [4.78, 5) is 11.3. The van der Waals surface area contributed by atoms with Gasteiger partial charge in [0, 0.05) is 17.9 Å². The minimum absolute atomic E-state index is 0.354. The summed E-state index contributed by atoms with van der Waals surface area (Å²) >= 11 is 0. The van der Waals surface area contributed by atoms with Gasteiger partial charge < -0.3 is 9.67 Å². The Kier molecular flexibility index (Phi) is 2.90. The maximum Gasteiger partial charge on any atom is 0.312 e. The lowest BCUT2D eigenvalue weighted by molar-refractivity contribution is -0.139. The molecule has 98 valence electrons. The van der Waals surface area contributed by atoms with Gasteiger partial charge in [0.15, 0.2) is 0 Å². The van der Waals surface area contributed by atoms with Gasteiger partial charge in [-0.3, -0.25) is 4.79 Å². The van der Waals surface area contributed by atoms with Crippen LogP contribution in [0, 0.1) is 6.92 Å². The Morgan fingerprint density at radius 1 is 1.21 bits per heavy atom. The molecule has 0 saturated heterocycles. The molecule has 1 N–H and O–H groups in total. The number of rotatable bonds is 2. The van der Waals surface area contributed by atoms with Crippen LogP contribution in [0.4, 0.5) is 0 Å². The summed E-state index contributed by atoms with van der Waals surface area (Å²) in [7, 11) is 0. The molecule has 2 heterocycles. The van der Waals surface area contributed by atoms with Crippen molar-refractivity contribution in [2.75, 3.05) is 0 Å². The van der Waals surface area contributed by atoms with Crippen LogP contribution in [-0.4, -0.2) is 15.6 Å². The second kappa shape index (κ2) is 4.57. The highest BCUT2D eigenvalue weighted by atomic mass is 16.4. The number of fused-ring (bicyclic) bond motifs is 1. The predicted molar refractivity (Wildman–Crippen MR) is 74.2 cm³/mol. The molecular formula is C16H17NO2. The van der Waals surface area contributed by atoms with Crippen molar-refractivity contribution < 1.29 is 9.90 Å². The fraction of sp³-hybridized carbons (Fsp3) is 0.312. The van der Waals surface area contributed by atoms with Crippen molar-refractivity contribution in [3.8, 4) is 11.3 Å². The van der Waals surface area contributed by atoms with Crippen LogP contribution in [0.1, 0.15) is 30.0 Å². The summed E-state index contributed by atoms with van der Waals surface area (Å²) < 4.78 is 2.16. The molecule has 1 aromatic heterocycles. The highest BCUT2D eigenvalue weighted by molar-refractivity contribution is 5.76. The van der Waals surface area contributed by atoms with Crippen LogP contribution >= 0.6 is 0 Å². The van der Waals surface area contributed by atoms with E-state index < -0.39 is 5.97 Å². The van der Waals surface area contributed by atoms with Crippen LogP contribution < -0.4 is 0 Å². The lowest BCUT2D eigenvalue weighted by Crippen LogP contribution is -2.21. The Hall–Kier alpha value is -2.03. The molecule has 19 heavy (non-hydrogen) atoms. The van der Waals surface area contributed by atoms with Gasteiger partial charge in [0.2, 0.25) is 0 Å². The van der Waals surface area contributed by atoms with Crippen molar-refractivity contribution in [3.05, 3.63) is 47.7 Å². The van der Waals surface area contributed by atoms with Gasteiger partial charge in [-0.2, -0.15) is 0 Å². The largest absolute Gasteiger partial charge is 0.481 e. The van der Waals surface area contributed by atoms with E-state index in [4.69, 9.17) is 0 Å². The zero-order valence-corrected chi connectivity index (χ0v) is 11.0. The number of benzene rings is 1. The molecule has 3 rings (SSSR count). The number of aryl methyl sites for hydroxylation is 1. The second-order valence-corrected chi connectivity index (χ2v) is 5.19. The van der Waals surface area contributed by atoms with E-state index in [1.807, 2.05) is 12.1 Å². The van der Waals surface area contributed by atoms with Crippen LogP contribution in [0.5, 0.6) is 0 Å². The van der Waals surface area contributed by atoms with Gasteiger partial charge in [0.1, 0.15) is 0 Å². The maximum atomic E-state index is 11.3. The van der Waals surface area contributed by atoms with Gasteiger partial charge in [-0.25, -0.2) is 0 Å². The molecule has 0 spiro atoms. The fourth-order valence-electron chi connectivity index (χ4n) is 2.86. The smallest absolute Gasteiger partial charge is 0.312 e. The second-order valence-electron chi connectivity index (χ2n) is 5.19. The average molecular weight is 255 g/mol. The number of aromatic nitrogens is 1. The number of carboxylic acid groups (broad SMARTS) is 1. The molecule has 2 aromatic rings. The summed E-state index contributed by atoms with van der Waals surface area (Å²) in [6.45, 7) is 2.98. The van der Waals surface area contributed by atoms with Gasteiger partial charge in [-0.1, -0.05) is 29.8 Å². The van der Waals surface area contributed by atoms with E-state index in [-0.39, 0.29) is 5.92 Å². The molecule has 3 heteroatoms. The number of carboxylic acids is 1. The molecule has 3 nitrogen and oxygen atoms in total. The summed E-state index contributed by atoms with van der Waals surface area (Å²) in [5.74, 6) is -1.07. The molecular weight excluding hydrogens is 238 g/mol. The predicted octanol–water partition coefficient (Wildman–Crippen LogP) is 3.43. The van der Waals surface area contributed by atoms with Gasteiger partial charge in [-0.15, -0.1) is 0 Å². The number of nitrogens with zero attached hydrogens (tertiary/aromatic N) is 1. The van der Waals surface area contributed by atoms with E-state index in [1.165, 1.54) is 5.56 Å². The lowest BCUT2D eigenvalue weighted by Gasteiger charge is -2.23. The molecule has 0 radical (unpaired) electrons. The molecule has 0 bridgehead atoms. The monoisotopic (exact) mass is 255 g/mol. The molecule has 0 amide bonds. The normalized spacial score (nSPS) is 18.1. The van der Waals surface area contributed by atoms with Crippen molar-refractivity contribution in [3.63, 3.8) is 0 Å². The van der Waals surface area contributed by atoms with Crippen LogP contribution in [0.15, 0.2) is 36.4 Å². The molecule has 1 aliphatic rings. The highest BCUT2D eigenvalue weighted by Gasteiger charge is 2.27. The van der Waals surface area contributed by atoms with Crippen molar-refractivity contribution in [2.24, 2.45) is 0 Å². The van der Waals surface area contributed by atoms with Gasteiger partial charge >= 0.3 is 5.97 Å². The summed E-state index contributed by atoms with van der Waals surface area (Å²) in [6.07, 6.45) is 1.67. The Morgan fingerprint density at radius 3 is 2.63 bits per heavy atom. The Balaban J connectivity index is 2.05. The molecule has 1 unspecified atom stereocenters. The number of carbonyl (C=O) groups is 1. The Morgan fingerprint density at radius 2 is 1.95 bits per heavy atom. The third-order valence-corrected chi connectivity index (χ3v) is 3.89. The van der Waals surface area contributed by atoms with Crippen molar-refractivity contribution in [2.45, 2.75) is 32.2 Å². The summed E-state index contributed by atoms with van der Waals surface area (Å²) in [5, 5.41) is 9.29. The minimum Gasteiger partial charge on any atom is -0.481 e. The third-order valence-electron chi connectivity index (χ3n) is 3.89. The highest BCUT2D eigenvalue weighted by Crippen LogP contribution is 2.33. The van der Waals surface area contributed by atoms with Crippen LogP contribution in [0.25, 0.3) is 11.3 Å². The van der Waals surface area contributed by atoms with Gasteiger partial charge in [0.25, 0.3) is 0 Å². The third kappa shape index (κ3) is 2.05. The maximum absolute atomic E-state index is 11.3. The first-order valence-electron chi connectivity index (χ1n) is 6.66. The van der Waals surface area contributed by atoms with Gasteiger partial charge in [0.05, 0.1) is 5.92 Å². The van der Waals surface area contributed by atoms with E-state index in [9.17, 15) is 9.90 Å². The van der Waals surface area contributed by atoms with E-state index in [2.05, 4.69) is 35.8 Å². The van der Waals surface area contributed by atoms with Crippen LogP contribution in [0.3, 0.4) is 0 Å². The van der Waals surface area contributed by atoms with Crippen molar-refractivity contribution in [1.82, 2.24) is 4.57 Å². The molecule has 1 aromatic carbocycles. The van der Waals surface area contributed by atoms with E-state index >= 15 is 0 Å². The first-order chi connectivity index (χ1) is 9.16. The topological polar surface area (TPSA) is 42.2 Å². The van der Waals surface area contributed by atoms with E-state index in [0.717, 1.165) is 36.3 Å². The first kappa shape index (κ1) is 12.0. The minimum atomic E-state index is -0.713. The Labute approximate surface area is 112 Å². The first-order valence-corrected chi connectivity index (χ1v) is 6.66. The fourth-order valence-corrected chi connectivity index (χ4v) is 2.86. The van der Waals surface area contributed by atoms with Crippen LogP contribution in [-0.2, 0) is 11.3 Å². The zero-order chi connectivity index (χ0) is 13.4. The number of hydrogen-bond acceptors (Lipinski definition) is 1. The van der Waals surface area contributed by atoms with E-state index in [0.29, 0.717) is 0 Å². The van der Waals surface area contributed by atoms with Crippen LogP contribution in [0.2, 0.25) is 0 Å². The summed E-state index contributed by atoms with van der Waals surface area (Å²) in [6, 6.07) is 12.4. The number of aliphatic carboxylic acids is 1. The summed E-state index contributed by atoms with van der Waals surface area (Å²) in [5.41, 5.74) is 4.45. The molecule has 0 saturated carbocycles. The van der Waals surface area contributed by atoms with Crippen molar-refractivity contribution in [1.29, 1.82) is 0 Å². The lowest BCUT2D eigenvalue weighted by atomic mass is 9.96. The molecule has 0 fully saturated rings. The molecule has 1 aliphatic heterocycles. The van der Waals surface area contributed by atoms with E-state index in [1.54, 1.807) is 0 Å². The van der Waals surface area contributed by atoms with Gasteiger partial charge in [-0.05, 0) is 37.5 Å². The standard InChI is InChI=1S/C16H17NO2/c1-11-4-6-12(7-5-11)14-8-9-15-13(16(18)19)3-2-10-17(14)15/h4-9,13H,2-3,10H2,1H3,(H,18,19). The molecule has 1 atom stereocenters. The van der Waals surface area contributed by atoms with Crippen molar-refractivity contribution >= 4 is 5.97 Å². The number of hydrogen-bond donors (Lipinski definition) is 1. The molecule has 0 aliphatic carbocycles. The Bertz CT molecular complexity index is 610. The average Bonchev–Trinajstić information content (AvgIpc) is 2.83. The zero-order valence-electron chi connectivity index (χ0n) is 11.0. The quantitative estimate of drug-likeness (QED) is 0.893.